The molecule has 1 aromatic carbocycles. The number of aliphatic hydroxyl groups excluding tert-OH is 1. The van der Waals surface area contributed by atoms with E-state index >= 15 is 0 Å². The summed E-state index contributed by atoms with van der Waals surface area (Å²) >= 11 is 0. The maximum atomic E-state index is 11.7. The number of carbonyl (C=O) groups excluding carboxylic acids is 1. The van der Waals surface area contributed by atoms with E-state index in [9.17, 15) is 4.79 Å². The number of β-amino-alcohol motifs (C(OH)–C–C–N with tert-alkyl or cyclic N) is 1. The van der Waals surface area contributed by atoms with Crippen molar-refractivity contribution in [1.29, 1.82) is 0 Å². The number of aryl methyl sites for hydroxylation is 1. The molecule has 1 amide bonds. The fraction of sp³-hybridized carbons (Fsp3) is 0.462. The van der Waals surface area contributed by atoms with Crippen molar-refractivity contribution in [2.45, 2.75) is 25.9 Å². The summed E-state index contributed by atoms with van der Waals surface area (Å²) in [4.78, 5) is 13.4. The monoisotopic (exact) mass is 219 g/mol. The highest BCUT2D eigenvalue weighted by molar-refractivity contribution is 5.79. The minimum atomic E-state index is -0.314. The summed E-state index contributed by atoms with van der Waals surface area (Å²) in [7, 11) is 0. The zero-order valence-electron chi connectivity index (χ0n) is 9.52. The Morgan fingerprint density at radius 3 is 2.38 bits per heavy atom. The first-order valence-corrected chi connectivity index (χ1v) is 5.72. The van der Waals surface area contributed by atoms with Crippen LogP contribution >= 0.6 is 0 Å². The highest BCUT2D eigenvalue weighted by Gasteiger charge is 2.28. The molecule has 3 heteroatoms. The van der Waals surface area contributed by atoms with Gasteiger partial charge in [-0.1, -0.05) is 31.2 Å². The third kappa shape index (κ3) is 2.42. The van der Waals surface area contributed by atoms with E-state index in [0.717, 1.165) is 12.0 Å². The third-order valence-corrected chi connectivity index (χ3v) is 3.00. The molecular formula is C13H17NO2. The van der Waals surface area contributed by atoms with Gasteiger partial charge in [-0.15, -0.1) is 0 Å². The predicted molar refractivity (Wildman–Crippen MR) is 62.1 cm³/mol. The number of rotatable bonds is 3. The average Bonchev–Trinajstić information content (AvgIpc) is 2.26. The number of aliphatic hydroxyl groups is 1. The lowest BCUT2D eigenvalue weighted by atomic mass is 10.1. The molecule has 1 saturated heterocycles. The van der Waals surface area contributed by atoms with Crippen LogP contribution in [-0.4, -0.2) is 35.1 Å². The van der Waals surface area contributed by atoms with Crippen LogP contribution in [0.25, 0.3) is 0 Å². The smallest absolute Gasteiger partial charge is 0.227 e. The van der Waals surface area contributed by atoms with E-state index in [2.05, 4.69) is 19.1 Å². The SMILES string of the molecule is CCc1ccc(CC(=O)N2CC(O)C2)cc1. The van der Waals surface area contributed by atoms with Gasteiger partial charge in [-0.2, -0.15) is 0 Å². The van der Waals surface area contributed by atoms with Gasteiger partial charge >= 0.3 is 0 Å². The van der Waals surface area contributed by atoms with Crippen molar-refractivity contribution in [2.75, 3.05) is 13.1 Å². The molecule has 1 aliphatic heterocycles. The third-order valence-electron chi connectivity index (χ3n) is 3.00. The molecule has 1 N–H and O–H groups in total. The van der Waals surface area contributed by atoms with Gasteiger partial charge in [-0.25, -0.2) is 0 Å². The van der Waals surface area contributed by atoms with Crippen LogP contribution in [0.4, 0.5) is 0 Å². The van der Waals surface area contributed by atoms with E-state index in [1.807, 2.05) is 12.1 Å². The summed E-state index contributed by atoms with van der Waals surface area (Å²) in [5, 5.41) is 9.11. The maximum absolute atomic E-state index is 11.7. The number of hydrogen-bond acceptors (Lipinski definition) is 2. The number of amides is 1. The first-order chi connectivity index (χ1) is 7.69. The van der Waals surface area contributed by atoms with Gasteiger partial charge < -0.3 is 10.0 Å². The predicted octanol–water partition coefficient (Wildman–Crippen LogP) is 0.995. The second kappa shape index (κ2) is 4.66. The van der Waals surface area contributed by atoms with Gasteiger partial charge in [0.2, 0.25) is 5.91 Å². The highest BCUT2D eigenvalue weighted by atomic mass is 16.3. The second-order valence-corrected chi connectivity index (χ2v) is 4.30. The minimum Gasteiger partial charge on any atom is -0.389 e. The van der Waals surface area contributed by atoms with Crippen LogP contribution in [0.1, 0.15) is 18.1 Å². The molecule has 0 bridgehead atoms. The number of nitrogens with zero attached hydrogens (tertiary/aromatic N) is 1. The first kappa shape index (κ1) is 11.1. The van der Waals surface area contributed by atoms with E-state index in [4.69, 9.17) is 5.11 Å². The summed E-state index contributed by atoms with van der Waals surface area (Å²) in [6.07, 6.45) is 1.15. The van der Waals surface area contributed by atoms with Gasteiger partial charge in [-0.3, -0.25) is 4.79 Å². The lowest BCUT2D eigenvalue weighted by Gasteiger charge is -2.35. The highest BCUT2D eigenvalue weighted by Crippen LogP contribution is 2.12. The zero-order valence-corrected chi connectivity index (χ0v) is 9.52. The van der Waals surface area contributed by atoms with Crippen LogP contribution < -0.4 is 0 Å². The van der Waals surface area contributed by atoms with Gasteiger partial charge in [0.25, 0.3) is 0 Å². The quantitative estimate of drug-likeness (QED) is 0.823. The Kier molecular flexibility index (Phi) is 3.25. The minimum absolute atomic E-state index is 0.106. The Morgan fingerprint density at radius 2 is 1.88 bits per heavy atom. The summed E-state index contributed by atoms with van der Waals surface area (Å²) in [5.41, 5.74) is 2.33. The molecule has 86 valence electrons. The molecule has 1 heterocycles. The molecule has 1 fully saturated rings. The lowest BCUT2D eigenvalue weighted by molar-refractivity contribution is -0.140. The van der Waals surface area contributed by atoms with Crippen LogP contribution in [0.15, 0.2) is 24.3 Å². The van der Waals surface area contributed by atoms with Gasteiger partial charge in [0, 0.05) is 13.1 Å². The van der Waals surface area contributed by atoms with Gasteiger partial charge in [0.1, 0.15) is 0 Å². The number of carbonyl (C=O) groups is 1. The molecule has 0 aliphatic carbocycles. The average molecular weight is 219 g/mol. The van der Waals surface area contributed by atoms with Crippen molar-refractivity contribution < 1.29 is 9.90 Å². The normalized spacial score (nSPS) is 16.0. The summed E-state index contributed by atoms with van der Waals surface area (Å²) in [6.45, 7) is 3.10. The Labute approximate surface area is 95.7 Å². The van der Waals surface area contributed by atoms with Crippen molar-refractivity contribution >= 4 is 5.91 Å². The van der Waals surface area contributed by atoms with Crippen molar-refractivity contribution in [3.8, 4) is 0 Å². The van der Waals surface area contributed by atoms with Crippen LogP contribution in [0.2, 0.25) is 0 Å². The topological polar surface area (TPSA) is 40.5 Å². The number of benzene rings is 1. The molecule has 0 atom stereocenters. The molecule has 0 radical (unpaired) electrons. The molecule has 1 aromatic rings. The molecule has 0 aromatic heterocycles. The molecule has 3 nitrogen and oxygen atoms in total. The lowest BCUT2D eigenvalue weighted by Crippen LogP contribution is -2.53. The molecule has 1 aliphatic rings. The Morgan fingerprint density at radius 1 is 1.31 bits per heavy atom. The molecule has 16 heavy (non-hydrogen) atoms. The summed E-state index contributed by atoms with van der Waals surface area (Å²) < 4.78 is 0. The van der Waals surface area contributed by atoms with E-state index in [1.165, 1.54) is 5.56 Å². The second-order valence-electron chi connectivity index (χ2n) is 4.30. The van der Waals surface area contributed by atoms with E-state index in [-0.39, 0.29) is 12.0 Å². The Balaban J connectivity index is 1.90. The van der Waals surface area contributed by atoms with Crippen LogP contribution in [0.5, 0.6) is 0 Å². The molecule has 0 saturated carbocycles. The standard InChI is InChI=1S/C13H17NO2/c1-2-10-3-5-11(6-4-10)7-13(16)14-8-12(15)9-14/h3-6,12,15H,2,7-9H2,1H3. The van der Waals surface area contributed by atoms with Crippen molar-refractivity contribution in [1.82, 2.24) is 4.90 Å². The first-order valence-electron chi connectivity index (χ1n) is 5.72. The maximum Gasteiger partial charge on any atom is 0.227 e. The largest absolute Gasteiger partial charge is 0.389 e. The Bertz CT molecular complexity index is 366. The number of hydrogen-bond donors (Lipinski definition) is 1. The van der Waals surface area contributed by atoms with Crippen molar-refractivity contribution in [3.63, 3.8) is 0 Å². The van der Waals surface area contributed by atoms with Gasteiger partial charge in [0.15, 0.2) is 0 Å². The van der Waals surface area contributed by atoms with Crippen LogP contribution in [-0.2, 0) is 17.6 Å². The summed E-state index contributed by atoms with van der Waals surface area (Å²) in [6, 6.07) is 8.14. The van der Waals surface area contributed by atoms with Crippen molar-refractivity contribution in [3.05, 3.63) is 35.4 Å². The van der Waals surface area contributed by atoms with Gasteiger partial charge in [0.05, 0.1) is 12.5 Å². The molecular weight excluding hydrogens is 202 g/mol. The molecule has 2 rings (SSSR count). The zero-order chi connectivity index (χ0) is 11.5. The van der Waals surface area contributed by atoms with Crippen LogP contribution in [0, 0.1) is 0 Å². The molecule has 0 unspecified atom stereocenters. The molecule has 0 spiro atoms. The summed E-state index contributed by atoms with van der Waals surface area (Å²) in [5.74, 6) is 0.106. The van der Waals surface area contributed by atoms with Crippen molar-refractivity contribution in [2.24, 2.45) is 0 Å². The number of likely N-dealkylation sites (tertiary alicyclic amines) is 1. The van der Waals surface area contributed by atoms with E-state index in [1.54, 1.807) is 4.90 Å². The Hall–Kier alpha value is -1.35. The fourth-order valence-electron chi connectivity index (χ4n) is 1.84. The van der Waals surface area contributed by atoms with E-state index < -0.39 is 0 Å². The fourth-order valence-corrected chi connectivity index (χ4v) is 1.84. The van der Waals surface area contributed by atoms with E-state index in [0.29, 0.717) is 19.5 Å². The van der Waals surface area contributed by atoms with Gasteiger partial charge in [-0.05, 0) is 17.5 Å². The van der Waals surface area contributed by atoms with Crippen LogP contribution in [0.3, 0.4) is 0 Å².